The van der Waals surface area contributed by atoms with Crippen molar-refractivity contribution < 1.29 is 9.59 Å². The number of benzene rings is 1. The zero-order valence-corrected chi connectivity index (χ0v) is 16.3. The molecule has 1 N–H and O–H groups in total. The summed E-state index contributed by atoms with van der Waals surface area (Å²) in [6, 6.07) is 7.03. The van der Waals surface area contributed by atoms with E-state index in [0.29, 0.717) is 5.02 Å². The normalized spacial score (nSPS) is 28.4. The minimum Gasteiger partial charge on any atom is -0.343 e. The zero-order valence-electron chi connectivity index (χ0n) is 15.6. The molecule has 0 aliphatic carbocycles. The van der Waals surface area contributed by atoms with Crippen molar-refractivity contribution in [3.63, 3.8) is 0 Å². The third kappa shape index (κ3) is 2.99. The molecule has 3 aliphatic heterocycles. The van der Waals surface area contributed by atoms with Crippen LogP contribution in [0.25, 0.3) is 0 Å². The van der Waals surface area contributed by atoms with Gasteiger partial charge in [-0.15, -0.1) is 0 Å². The highest BCUT2D eigenvalue weighted by atomic mass is 35.5. The monoisotopic (exact) mass is 389 g/mol. The number of anilines is 1. The summed E-state index contributed by atoms with van der Waals surface area (Å²) in [5.74, 6) is -0.158. The van der Waals surface area contributed by atoms with Gasteiger partial charge < -0.3 is 9.80 Å². The molecule has 3 atom stereocenters. The van der Waals surface area contributed by atoms with Crippen LogP contribution in [0.3, 0.4) is 0 Å². The largest absolute Gasteiger partial charge is 0.343 e. The predicted octanol–water partition coefficient (Wildman–Crippen LogP) is 1.90. The lowest BCUT2D eigenvalue weighted by molar-refractivity contribution is -0.138. The summed E-state index contributed by atoms with van der Waals surface area (Å²) in [6.45, 7) is 7.58. The van der Waals surface area contributed by atoms with E-state index in [1.165, 1.54) is 4.90 Å². The molecule has 3 saturated heterocycles. The molecular weight excluding hydrogens is 366 g/mol. The minimum atomic E-state index is -0.404. The SMILES string of the molecule is C=C(C)CN1C(=O)C2C(NC3N(c4cccc(Cl)c4)CCCN23)N(C)C1=O. The van der Waals surface area contributed by atoms with Crippen LogP contribution in [0, 0.1) is 0 Å². The molecule has 3 aliphatic rings. The lowest BCUT2D eigenvalue weighted by atomic mass is 10.1. The number of likely N-dealkylation sites (N-methyl/N-ethyl adjacent to an activating group) is 1. The van der Waals surface area contributed by atoms with E-state index < -0.39 is 6.04 Å². The molecule has 0 aromatic heterocycles. The number of nitrogens with zero attached hydrogens (tertiary/aromatic N) is 4. The van der Waals surface area contributed by atoms with Crippen molar-refractivity contribution in [2.45, 2.75) is 31.8 Å². The van der Waals surface area contributed by atoms with Gasteiger partial charge in [0.05, 0.1) is 6.54 Å². The summed E-state index contributed by atoms with van der Waals surface area (Å²) >= 11 is 6.18. The maximum Gasteiger partial charge on any atom is 0.328 e. The first-order chi connectivity index (χ1) is 12.9. The Bertz CT molecular complexity index is 800. The summed E-state index contributed by atoms with van der Waals surface area (Å²) in [7, 11) is 1.74. The van der Waals surface area contributed by atoms with Crippen LogP contribution in [-0.2, 0) is 4.79 Å². The van der Waals surface area contributed by atoms with Gasteiger partial charge in [0, 0.05) is 30.8 Å². The summed E-state index contributed by atoms with van der Waals surface area (Å²) in [6.07, 6.45) is 0.423. The van der Waals surface area contributed by atoms with Gasteiger partial charge in [0.2, 0.25) is 0 Å². The quantitative estimate of drug-likeness (QED) is 0.800. The highest BCUT2D eigenvalue weighted by molar-refractivity contribution is 6.30. The van der Waals surface area contributed by atoms with E-state index in [-0.39, 0.29) is 30.9 Å². The van der Waals surface area contributed by atoms with Crippen molar-refractivity contribution in [1.29, 1.82) is 0 Å². The topological polar surface area (TPSA) is 59.1 Å². The molecule has 0 bridgehead atoms. The summed E-state index contributed by atoms with van der Waals surface area (Å²) in [5, 5.41) is 4.17. The van der Waals surface area contributed by atoms with Gasteiger partial charge in [-0.3, -0.25) is 19.9 Å². The molecule has 144 valence electrons. The van der Waals surface area contributed by atoms with E-state index in [9.17, 15) is 9.59 Å². The fourth-order valence-corrected chi connectivity index (χ4v) is 4.44. The van der Waals surface area contributed by atoms with Crippen molar-refractivity contribution >= 4 is 29.2 Å². The molecule has 3 amide bonds. The van der Waals surface area contributed by atoms with Crippen LogP contribution in [0.4, 0.5) is 10.5 Å². The van der Waals surface area contributed by atoms with Crippen molar-refractivity contribution in [1.82, 2.24) is 20.0 Å². The molecule has 1 aromatic carbocycles. The van der Waals surface area contributed by atoms with E-state index in [4.69, 9.17) is 11.6 Å². The lowest BCUT2D eigenvalue weighted by Gasteiger charge is -2.44. The van der Waals surface area contributed by atoms with Crippen molar-refractivity contribution in [3.8, 4) is 0 Å². The van der Waals surface area contributed by atoms with Crippen LogP contribution >= 0.6 is 11.6 Å². The third-order valence-electron chi connectivity index (χ3n) is 5.44. The van der Waals surface area contributed by atoms with Gasteiger partial charge in [-0.25, -0.2) is 4.79 Å². The Kier molecular flexibility index (Phi) is 4.61. The molecule has 4 rings (SSSR count). The van der Waals surface area contributed by atoms with Gasteiger partial charge in [-0.1, -0.05) is 29.8 Å². The van der Waals surface area contributed by atoms with Gasteiger partial charge in [0.25, 0.3) is 5.91 Å². The molecule has 3 fully saturated rings. The number of carbonyl (C=O) groups excluding carboxylic acids is 2. The first kappa shape index (κ1) is 18.3. The number of halogens is 1. The van der Waals surface area contributed by atoms with Crippen LogP contribution < -0.4 is 10.2 Å². The highest BCUT2D eigenvalue weighted by Crippen LogP contribution is 2.33. The van der Waals surface area contributed by atoms with E-state index in [0.717, 1.165) is 30.8 Å². The maximum atomic E-state index is 13.2. The smallest absolute Gasteiger partial charge is 0.328 e. The molecule has 8 heteroatoms. The van der Waals surface area contributed by atoms with E-state index in [1.54, 1.807) is 11.9 Å². The van der Waals surface area contributed by atoms with Crippen LogP contribution in [0.2, 0.25) is 5.02 Å². The minimum absolute atomic E-state index is 0.156. The number of urea groups is 1. The van der Waals surface area contributed by atoms with Gasteiger partial charge in [-0.05, 0) is 31.5 Å². The van der Waals surface area contributed by atoms with Gasteiger partial charge >= 0.3 is 6.03 Å². The van der Waals surface area contributed by atoms with E-state index in [1.807, 2.05) is 31.2 Å². The average molecular weight is 390 g/mol. The maximum absolute atomic E-state index is 13.2. The molecule has 7 nitrogen and oxygen atoms in total. The molecule has 0 spiro atoms. The number of nitrogens with one attached hydrogen (secondary N) is 1. The number of rotatable bonds is 3. The van der Waals surface area contributed by atoms with Crippen molar-refractivity contribution in [2.75, 3.05) is 31.6 Å². The summed E-state index contributed by atoms with van der Waals surface area (Å²) in [5.41, 5.74) is 1.79. The van der Waals surface area contributed by atoms with E-state index in [2.05, 4.69) is 21.7 Å². The summed E-state index contributed by atoms with van der Waals surface area (Å²) in [4.78, 5) is 33.2. The second-order valence-corrected chi connectivity index (χ2v) is 7.91. The molecule has 1 aromatic rings. The molecular formula is C19H24ClN5O2. The molecule has 3 unspecified atom stereocenters. The van der Waals surface area contributed by atoms with Crippen LogP contribution in [-0.4, -0.2) is 71.8 Å². The summed E-state index contributed by atoms with van der Waals surface area (Å²) < 4.78 is 0. The van der Waals surface area contributed by atoms with E-state index >= 15 is 0 Å². The zero-order chi connectivity index (χ0) is 19.3. The number of hydrogen-bond acceptors (Lipinski definition) is 5. The first-order valence-corrected chi connectivity index (χ1v) is 9.53. The molecule has 27 heavy (non-hydrogen) atoms. The number of imide groups is 1. The Labute approximate surface area is 164 Å². The Balaban J connectivity index is 1.66. The van der Waals surface area contributed by atoms with Crippen LogP contribution in [0.1, 0.15) is 13.3 Å². The second kappa shape index (κ2) is 6.82. The average Bonchev–Trinajstić information content (AvgIpc) is 3.03. The molecule has 0 radical (unpaired) electrons. The number of hydrogen-bond donors (Lipinski definition) is 1. The molecule has 0 saturated carbocycles. The third-order valence-corrected chi connectivity index (χ3v) is 5.67. The fourth-order valence-electron chi connectivity index (χ4n) is 4.25. The van der Waals surface area contributed by atoms with Crippen LogP contribution in [0.15, 0.2) is 36.4 Å². The number of amides is 3. The van der Waals surface area contributed by atoms with Gasteiger partial charge in [0.15, 0.2) is 0 Å². The number of fused-ring (bicyclic) bond motifs is 3. The Morgan fingerprint density at radius 1 is 1.33 bits per heavy atom. The van der Waals surface area contributed by atoms with Crippen molar-refractivity contribution in [2.24, 2.45) is 0 Å². The highest BCUT2D eigenvalue weighted by Gasteiger charge is 2.55. The van der Waals surface area contributed by atoms with Crippen molar-refractivity contribution in [3.05, 3.63) is 41.4 Å². The molecule has 3 heterocycles. The van der Waals surface area contributed by atoms with Gasteiger partial charge in [-0.2, -0.15) is 0 Å². The Morgan fingerprint density at radius 2 is 2.11 bits per heavy atom. The second-order valence-electron chi connectivity index (χ2n) is 7.47. The van der Waals surface area contributed by atoms with Crippen LogP contribution in [0.5, 0.6) is 0 Å². The standard InChI is InChI=1S/C19H24ClN5O2/c1-12(2)11-25-17(26)15-16(22(3)19(25)27)21-18-23(8-5-9-24(15)18)14-7-4-6-13(20)10-14/h4,6-7,10,15-16,18,21H,1,5,8-9,11H2,2-3H3. The Morgan fingerprint density at radius 3 is 2.81 bits per heavy atom. The number of carbonyl (C=O) groups is 2. The fraction of sp³-hybridized carbons (Fsp3) is 0.474. The predicted molar refractivity (Wildman–Crippen MR) is 104 cm³/mol. The first-order valence-electron chi connectivity index (χ1n) is 9.15. The lowest BCUT2D eigenvalue weighted by Crippen LogP contribution is -2.66. The van der Waals surface area contributed by atoms with Gasteiger partial charge in [0.1, 0.15) is 18.5 Å². The Hall–Kier alpha value is -2.09.